The molecule has 1 aromatic carbocycles. The highest BCUT2D eigenvalue weighted by Gasteiger charge is 2.00. The van der Waals surface area contributed by atoms with E-state index in [1.165, 1.54) is 6.20 Å². The van der Waals surface area contributed by atoms with E-state index in [0.717, 1.165) is 11.0 Å². The highest BCUT2D eigenvalue weighted by molar-refractivity contribution is 6.18. The summed E-state index contributed by atoms with van der Waals surface area (Å²) in [5.74, 6) is 0.456. The minimum atomic E-state index is -0.0991. The van der Waals surface area contributed by atoms with Crippen LogP contribution in [-0.4, -0.2) is 15.4 Å². The molecule has 0 amide bonds. The van der Waals surface area contributed by atoms with Crippen LogP contribution >= 0.6 is 11.6 Å². The van der Waals surface area contributed by atoms with Crippen molar-refractivity contribution in [1.82, 2.24) is 9.55 Å². The van der Waals surface area contributed by atoms with Crippen molar-refractivity contribution in [3.05, 3.63) is 53.0 Å². The minimum Gasteiger partial charge on any atom is -0.302 e. The van der Waals surface area contributed by atoms with Gasteiger partial charge in [0, 0.05) is 12.4 Å². The lowest BCUT2D eigenvalue weighted by atomic mass is 10.3. The van der Waals surface area contributed by atoms with Crippen molar-refractivity contribution in [1.29, 1.82) is 0 Å². The average molecular weight is 235 g/mol. The zero-order valence-electron chi connectivity index (χ0n) is 8.64. The molecule has 0 saturated carbocycles. The lowest BCUT2D eigenvalue weighted by molar-refractivity contribution is 0.807. The smallest absolute Gasteiger partial charge is 0.269 e. The molecule has 0 aliphatic rings. The van der Waals surface area contributed by atoms with Crippen molar-refractivity contribution in [2.24, 2.45) is 0 Å². The number of rotatable bonds is 3. The van der Waals surface area contributed by atoms with Crippen molar-refractivity contribution in [2.45, 2.75) is 6.54 Å². The topological polar surface area (TPSA) is 34.9 Å². The van der Waals surface area contributed by atoms with Gasteiger partial charge in [0.1, 0.15) is 0 Å². The minimum absolute atomic E-state index is 0.0991. The normalized spacial score (nSPS) is 11.3. The third-order valence-electron chi connectivity index (χ3n) is 2.30. The number of hydrogen-bond donors (Lipinski definition) is 0. The van der Waals surface area contributed by atoms with Gasteiger partial charge in [0.25, 0.3) is 5.56 Å². The molecule has 0 radical (unpaired) electrons. The number of alkyl halides is 1. The van der Waals surface area contributed by atoms with Gasteiger partial charge >= 0.3 is 0 Å². The van der Waals surface area contributed by atoms with E-state index in [0.29, 0.717) is 12.4 Å². The van der Waals surface area contributed by atoms with E-state index in [1.54, 1.807) is 4.57 Å². The standard InChI is InChI=1S/C12H11ClN2O/c13-7-3-4-8-15-11-6-2-1-5-10(11)14-9-12(15)16/h1-6,9H,7-8H2. The Morgan fingerprint density at radius 3 is 2.94 bits per heavy atom. The Kier molecular flexibility index (Phi) is 3.37. The van der Waals surface area contributed by atoms with Crippen LogP contribution in [0, 0.1) is 0 Å². The molecule has 1 heterocycles. The maximum atomic E-state index is 11.7. The van der Waals surface area contributed by atoms with Gasteiger partial charge in [-0.1, -0.05) is 24.3 Å². The van der Waals surface area contributed by atoms with Crippen LogP contribution in [0.5, 0.6) is 0 Å². The van der Waals surface area contributed by atoms with Gasteiger partial charge < -0.3 is 4.57 Å². The summed E-state index contributed by atoms with van der Waals surface area (Å²) in [6, 6.07) is 7.57. The lowest BCUT2D eigenvalue weighted by Gasteiger charge is -2.05. The molecule has 2 aromatic rings. The number of para-hydroxylation sites is 2. The summed E-state index contributed by atoms with van der Waals surface area (Å²) in [5.41, 5.74) is 1.56. The highest BCUT2D eigenvalue weighted by Crippen LogP contribution is 2.07. The van der Waals surface area contributed by atoms with Crippen LogP contribution in [0.3, 0.4) is 0 Å². The molecular formula is C12H11ClN2O. The van der Waals surface area contributed by atoms with Crippen LogP contribution in [0.25, 0.3) is 11.0 Å². The predicted molar refractivity (Wildman–Crippen MR) is 65.9 cm³/mol. The van der Waals surface area contributed by atoms with Crippen LogP contribution in [0.15, 0.2) is 47.4 Å². The summed E-state index contributed by atoms with van der Waals surface area (Å²) in [6.07, 6.45) is 5.04. The summed E-state index contributed by atoms with van der Waals surface area (Å²) in [4.78, 5) is 15.7. The molecule has 0 fully saturated rings. The fourth-order valence-corrected chi connectivity index (χ4v) is 1.67. The van der Waals surface area contributed by atoms with Crippen molar-refractivity contribution in [2.75, 3.05) is 5.88 Å². The van der Waals surface area contributed by atoms with Crippen molar-refractivity contribution in [3.63, 3.8) is 0 Å². The van der Waals surface area contributed by atoms with E-state index in [2.05, 4.69) is 4.98 Å². The summed E-state index contributed by atoms with van der Waals surface area (Å²) >= 11 is 5.54. The number of halogens is 1. The third-order valence-corrected chi connectivity index (χ3v) is 2.47. The zero-order valence-corrected chi connectivity index (χ0v) is 9.39. The molecule has 82 valence electrons. The zero-order chi connectivity index (χ0) is 11.4. The summed E-state index contributed by atoms with van der Waals surface area (Å²) in [5, 5.41) is 0. The van der Waals surface area contributed by atoms with E-state index in [1.807, 2.05) is 36.4 Å². The number of fused-ring (bicyclic) bond motifs is 1. The number of benzene rings is 1. The number of nitrogens with zero attached hydrogens (tertiary/aromatic N) is 2. The Morgan fingerprint density at radius 2 is 2.12 bits per heavy atom. The number of allylic oxidation sites excluding steroid dienone is 2. The van der Waals surface area contributed by atoms with Gasteiger partial charge in [0.2, 0.25) is 0 Å². The van der Waals surface area contributed by atoms with Gasteiger partial charge in [-0.05, 0) is 12.1 Å². The Morgan fingerprint density at radius 1 is 1.31 bits per heavy atom. The van der Waals surface area contributed by atoms with E-state index in [9.17, 15) is 4.79 Å². The van der Waals surface area contributed by atoms with Crippen LogP contribution in [0.2, 0.25) is 0 Å². The van der Waals surface area contributed by atoms with Crippen LogP contribution < -0.4 is 5.56 Å². The first-order valence-corrected chi connectivity index (χ1v) is 5.52. The molecule has 0 aliphatic heterocycles. The van der Waals surface area contributed by atoms with Gasteiger partial charge in [0.05, 0.1) is 17.2 Å². The Hall–Kier alpha value is -1.61. The quantitative estimate of drug-likeness (QED) is 0.603. The van der Waals surface area contributed by atoms with Crippen molar-refractivity contribution in [3.8, 4) is 0 Å². The first kappa shape index (κ1) is 10.9. The molecule has 16 heavy (non-hydrogen) atoms. The monoisotopic (exact) mass is 234 g/mol. The largest absolute Gasteiger partial charge is 0.302 e. The Bertz CT molecular complexity index is 574. The second-order valence-electron chi connectivity index (χ2n) is 3.32. The fourth-order valence-electron chi connectivity index (χ4n) is 1.55. The molecule has 0 bridgehead atoms. The van der Waals surface area contributed by atoms with E-state index >= 15 is 0 Å². The third kappa shape index (κ3) is 2.14. The van der Waals surface area contributed by atoms with Crippen LogP contribution in [0.1, 0.15) is 0 Å². The molecule has 4 heteroatoms. The van der Waals surface area contributed by atoms with Crippen molar-refractivity contribution >= 4 is 22.6 Å². The average Bonchev–Trinajstić information content (AvgIpc) is 2.32. The maximum absolute atomic E-state index is 11.7. The first-order chi connectivity index (χ1) is 7.83. The summed E-state index contributed by atoms with van der Waals surface area (Å²) in [6.45, 7) is 0.522. The van der Waals surface area contributed by atoms with Gasteiger partial charge in [-0.15, -0.1) is 11.6 Å². The molecular weight excluding hydrogens is 224 g/mol. The van der Waals surface area contributed by atoms with Crippen LogP contribution in [-0.2, 0) is 6.54 Å². The Labute approximate surface area is 98.0 Å². The second kappa shape index (κ2) is 4.94. The molecule has 0 atom stereocenters. The van der Waals surface area contributed by atoms with Gasteiger partial charge in [-0.25, -0.2) is 4.98 Å². The SMILES string of the molecule is O=c1cnc2ccccc2n1CC=CCCl. The highest BCUT2D eigenvalue weighted by atomic mass is 35.5. The van der Waals surface area contributed by atoms with E-state index in [-0.39, 0.29) is 5.56 Å². The maximum Gasteiger partial charge on any atom is 0.269 e. The molecule has 1 aromatic heterocycles. The molecule has 2 rings (SSSR count). The van der Waals surface area contributed by atoms with E-state index in [4.69, 9.17) is 11.6 Å². The molecule has 0 spiro atoms. The molecule has 3 nitrogen and oxygen atoms in total. The first-order valence-electron chi connectivity index (χ1n) is 4.98. The molecule has 0 N–H and O–H groups in total. The summed E-state index contributed by atoms with van der Waals surface area (Å²) in [7, 11) is 0. The van der Waals surface area contributed by atoms with Gasteiger partial charge in [-0.3, -0.25) is 4.79 Å². The van der Waals surface area contributed by atoms with Crippen molar-refractivity contribution < 1.29 is 0 Å². The number of hydrogen-bond acceptors (Lipinski definition) is 2. The lowest BCUT2D eigenvalue weighted by Crippen LogP contribution is -2.19. The van der Waals surface area contributed by atoms with E-state index < -0.39 is 0 Å². The summed E-state index contributed by atoms with van der Waals surface area (Å²) < 4.78 is 1.67. The van der Waals surface area contributed by atoms with Gasteiger partial charge in [0.15, 0.2) is 0 Å². The molecule has 0 aliphatic carbocycles. The number of aromatic nitrogens is 2. The van der Waals surface area contributed by atoms with Crippen LogP contribution in [0.4, 0.5) is 0 Å². The molecule has 0 unspecified atom stereocenters. The second-order valence-corrected chi connectivity index (χ2v) is 3.63. The predicted octanol–water partition coefficient (Wildman–Crippen LogP) is 2.19. The fraction of sp³-hybridized carbons (Fsp3) is 0.167. The Balaban J connectivity index is 2.53. The molecule has 0 saturated heterocycles. The van der Waals surface area contributed by atoms with Gasteiger partial charge in [-0.2, -0.15) is 0 Å².